The van der Waals surface area contributed by atoms with Crippen LogP contribution in [0.25, 0.3) is 0 Å². The van der Waals surface area contributed by atoms with Gasteiger partial charge in [-0.25, -0.2) is 4.79 Å². The average molecular weight is 268 g/mol. The minimum Gasteiger partial charge on any atom is -0.478 e. The third-order valence-electron chi connectivity index (χ3n) is 2.44. The van der Waals surface area contributed by atoms with E-state index in [1.54, 1.807) is 13.8 Å². The largest absolute Gasteiger partial charge is 0.478 e. The van der Waals surface area contributed by atoms with Crippen molar-refractivity contribution in [3.8, 4) is 5.75 Å². The Morgan fingerprint density at radius 2 is 2.16 bits per heavy atom. The third kappa shape index (κ3) is 3.57. The lowest BCUT2D eigenvalue weighted by Crippen LogP contribution is -2.26. The normalized spacial score (nSPS) is 11.7. The van der Waals surface area contributed by atoms with E-state index >= 15 is 0 Å². The van der Waals surface area contributed by atoms with E-state index in [0.29, 0.717) is 5.56 Å². The molecule has 1 aromatic carbocycles. The highest BCUT2D eigenvalue weighted by Gasteiger charge is 2.20. The molecule has 1 unspecified atom stereocenters. The maximum Gasteiger partial charge on any atom is 0.347 e. The highest BCUT2D eigenvalue weighted by atomic mass is 16.6. The van der Waals surface area contributed by atoms with Gasteiger partial charge in [-0.1, -0.05) is 0 Å². The molecule has 0 aliphatic carbocycles. The van der Waals surface area contributed by atoms with Gasteiger partial charge in [0.1, 0.15) is 11.4 Å². The number of aryl methyl sites for hydroxylation is 1. The number of benzene rings is 1. The summed E-state index contributed by atoms with van der Waals surface area (Å²) in [7, 11) is 0. The second kappa shape index (κ2) is 6.03. The van der Waals surface area contributed by atoms with Crippen LogP contribution in [0, 0.1) is 17.0 Å². The molecule has 0 saturated carbocycles. The second-order valence-corrected chi connectivity index (χ2v) is 3.95. The van der Waals surface area contributed by atoms with E-state index in [0.717, 1.165) is 0 Å². The molecule has 0 heterocycles. The molecule has 7 nitrogen and oxygen atoms in total. The number of nitrogens with two attached hydrogens (primary N) is 1. The van der Waals surface area contributed by atoms with Crippen molar-refractivity contribution < 1.29 is 19.2 Å². The Morgan fingerprint density at radius 1 is 1.53 bits per heavy atom. The van der Waals surface area contributed by atoms with Crippen LogP contribution in [0.3, 0.4) is 0 Å². The van der Waals surface area contributed by atoms with Gasteiger partial charge in [0, 0.05) is 0 Å². The lowest BCUT2D eigenvalue weighted by Gasteiger charge is -2.15. The molecule has 1 aromatic rings. The maximum atomic E-state index is 11.4. The molecule has 0 aliphatic rings. The van der Waals surface area contributed by atoms with E-state index < -0.39 is 17.0 Å². The number of esters is 1. The molecule has 0 aromatic heterocycles. The fraction of sp³-hybridized carbons (Fsp3) is 0.417. The molecule has 0 aliphatic heterocycles. The highest BCUT2D eigenvalue weighted by Crippen LogP contribution is 2.30. The first-order valence-corrected chi connectivity index (χ1v) is 5.74. The molecule has 19 heavy (non-hydrogen) atoms. The average Bonchev–Trinajstić information content (AvgIpc) is 2.32. The van der Waals surface area contributed by atoms with Gasteiger partial charge < -0.3 is 15.2 Å². The van der Waals surface area contributed by atoms with Crippen molar-refractivity contribution >= 4 is 17.3 Å². The molecule has 2 N–H and O–H groups in total. The summed E-state index contributed by atoms with van der Waals surface area (Å²) in [5.41, 5.74) is 5.95. The van der Waals surface area contributed by atoms with Gasteiger partial charge in [-0.3, -0.25) is 10.1 Å². The summed E-state index contributed by atoms with van der Waals surface area (Å²) in [6, 6.07) is 2.64. The number of nitrogens with zero attached hydrogens (tertiary/aromatic N) is 1. The Labute approximate surface area is 110 Å². The molecule has 0 spiro atoms. The SMILES string of the molecule is CCOC(=O)C(C)Oc1cc([N+](=O)[O-])c(N)cc1C. The van der Waals surface area contributed by atoms with Crippen molar-refractivity contribution in [2.75, 3.05) is 12.3 Å². The van der Waals surface area contributed by atoms with Crippen LogP contribution < -0.4 is 10.5 Å². The van der Waals surface area contributed by atoms with Gasteiger partial charge in [0.15, 0.2) is 6.10 Å². The Morgan fingerprint density at radius 3 is 2.68 bits per heavy atom. The molecule has 0 fully saturated rings. The summed E-state index contributed by atoms with van der Waals surface area (Å²) in [4.78, 5) is 21.6. The molecule has 104 valence electrons. The predicted molar refractivity (Wildman–Crippen MR) is 69.0 cm³/mol. The van der Waals surface area contributed by atoms with Crippen LogP contribution in [0.15, 0.2) is 12.1 Å². The zero-order valence-corrected chi connectivity index (χ0v) is 11.0. The monoisotopic (exact) mass is 268 g/mol. The number of nitrogen functional groups attached to an aromatic ring is 1. The molecule has 0 amide bonds. The summed E-state index contributed by atoms with van der Waals surface area (Å²) in [5, 5.41) is 10.8. The van der Waals surface area contributed by atoms with Crippen molar-refractivity contribution in [2.24, 2.45) is 0 Å². The fourth-order valence-electron chi connectivity index (χ4n) is 1.48. The van der Waals surface area contributed by atoms with Crippen LogP contribution in [0.1, 0.15) is 19.4 Å². The van der Waals surface area contributed by atoms with Crippen LogP contribution in [-0.4, -0.2) is 23.6 Å². The quantitative estimate of drug-likeness (QED) is 0.378. The van der Waals surface area contributed by atoms with E-state index in [1.807, 2.05) is 0 Å². The van der Waals surface area contributed by atoms with Gasteiger partial charge >= 0.3 is 5.97 Å². The lowest BCUT2D eigenvalue weighted by atomic mass is 10.1. The first kappa shape index (κ1) is 14.7. The minimum absolute atomic E-state index is 0.0543. The van der Waals surface area contributed by atoms with Gasteiger partial charge in [-0.15, -0.1) is 0 Å². The standard InChI is InChI=1S/C12H16N2O5/c1-4-18-12(15)8(3)19-11-6-10(14(16)17)9(13)5-7(11)2/h5-6,8H,4,13H2,1-3H3. The maximum absolute atomic E-state index is 11.4. The molecular weight excluding hydrogens is 252 g/mol. The predicted octanol–water partition coefficient (Wildman–Crippen LogP) is 1.82. The first-order valence-electron chi connectivity index (χ1n) is 5.74. The molecule has 1 atom stereocenters. The molecule has 1 rings (SSSR count). The van der Waals surface area contributed by atoms with Crippen LogP contribution in [0.5, 0.6) is 5.75 Å². The molecule has 7 heteroatoms. The van der Waals surface area contributed by atoms with Crippen LogP contribution in [0.4, 0.5) is 11.4 Å². The third-order valence-corrected chi connectivity index (χ3v) is 2.44. The Kier molecular flexibility index (Phi) is 4.68. The molecule has 0 bridgehead atoms. The van der Waals surface area contributed by atoms with Gasteiger partial charge in [-0.2, -0.15) is 0 Å². The number of rotatable bonds is 5. The van der Waals surface area contributed by atoms with Crippen molar-refractivity contribution in [2.45, 2.75) is 26.9 Å². The van der Waals surface area contributed by atoms with Crippen LogP contribution >= 0.6 is 0 Å². The number of nitro groups is 1. The number of nitro benzene ring substituents is 1. The summed E-state index contributed by atoms with van der Waals surface area (Å²) >= 11 is 0. The molecular formula is C12H16N2O5. The van der Waals surface area contributed by atoms with Crippen molar-refractivity contribution in [1.29, 1.82) is 0 Å². The number of hydrogen-bond donors (Lipinski definition) is 1. The number of carbonyl (C=O) groups excluding carboxylic acids is 1. The van der Waals surface area contributed by atoms with E-state index in [4.69, 9.17) is 15.2 Å². The van der Waals surface area contributed by atoms with Crippen LogP contribution in [-0.2, 0) is 9.53 Å². The van der Waals surface area contributed by atoms with E-state index in [9.17, 15) is 14.9 Å². The van der Waals surface area contributed by atoms with E-state index in [-0.39, 0.29) is 23.7 Å². The minimum atomic E-state index is -0.845. The van der Waals surface area contributed by atoms with E-state index in [1.165, 1.54) is 19.1 Å². The van der Waals surface area contributed by atoms with Gasteiger partial charge in [0.05, 0.1) is 17.6 Å². The van der Waals surface area contributed by atoms with Crippen molar-refractivity contribution in [1.82, 2.24) is 0 Å². The number of ether oxygens (including phenoxy) is 2. The number of hydrogen-bond acceptors (Lipinski definition) is 6. The fourth-order valence-corrected chi connectivity index (χ4v) is 1.48. The number of carbonyl (C=O) groups is 1. The Bertz CT molecular complexity index is 501. The van der Waals surface area contributed by atoms with E-state index in [2.05, 4.69) is 0 Å². The second-order valence-electron chi connectivity index (χ2n) is 3.95. The van der Waals surface area contributed by atoms with Crippen molar-refractivity contribution in [3.05, 3.63) is 27.8 Å². The van der Waals surface area contributed by atoms with Crippen LogP contribution in [0.2, 0.25) is 0 Å². The highest BCUT2D eigenvalue weighted by molar-refractivity contribution is 5.75. The molecule has 0 radical (unpaired) electrons. The summed E-state index contributed by atoms with van der Waals surface area (Å²) in [6.07, 6.45) is -0.845. The zero-order chi connectivity index (χ0) is 14.6. The summed E-state index contributed by atoms with van der Waals surface area (Å²) in [6.45, 7) is 5.13. The summed E-state index contributed by atoms with van der Waals surface area (Å²) < 4.78 is 10.2. The smallest absolute Gasteiger partial charge is 0.347 e. The zero-order valence-electron chi connectivity index (χ0n) is 11.0. The van der Waals surface area contributed by atoms with Gasteiger partial charge in [0.2, 0.25) is 0 Å². The first-order chi connectivity index (χ1) is 8.86. The van der Waals surface area contributed by atoms with Crippen molar-refractivity contribution in [3.63, 3.8) is 0 Å². The molecule has 0 saturated heterocycles. The lowest BCUT2D eigenvalue weighted by molar-refractivity contribution is -0.384. The van der Waals surface area contributed by atoms with Gasteiger partial charge in [0.25, 0.3) is 5.69 Å². The Hall–Kier alpha value is -2.31. The number of anilines is 1. The Balaban J connectivity index is 2.98. The topological polar surface area (TPSA) is 105 Å². The van der Waals surface area contributed by atoms with Gasteiger partial charge in [-0.05, 0) is 32.4 Å². The summed E-state index contributed by atoms with van der Waals surface area (Å²) in [5.74, 6) is -0.289.